The van der Waals surface area contributed by atoms with Crippen LogP contribution < -0.4 is 9.47 Å². The van der Waals surface area contributed by atoms with Crippen molar-refractivity contribution in [1.29, 1.82) is 0 Å². The molecule has 0 saturated carbocycles. The van der Waals surface area contributed by atoms with Crippen molar-refractivity contribution in [2.75, 3.05) is 20.8 Å². The summed E-state index contributed by atoms with van der Waals surface area (Å²) in [6, 6.07) is 13.4. The van der Waals surface area contributed by atoms with Crippen LogP contribution in [0.3, 0.4) is 0 Å². The number of hydrogen-bond acceptors (Lipinski definition) is 7. The van der Waals surface area contributed by atoms with E-state index in [0.29, 0.717) is 5.75 Å². The Bertz CT molecular complexity index is 813. The fraction of sp³-hybridized carbons (Fsp3) is 0.250. The Balaban J connectivity index is 1.91. The molecule has 27 heavy (non-hydrogen) atoms. The molecule has 0 fully saturated rings. The topological polar surface area (TPSA) is 88.1 Å². The van der Waals surface area contributed by atoms with Crippen molar-refractivity contribution in [3.8, 4) is 11.5 Å². The number of carbonyl (C=O) groups is 3. The van der Waals surface area contributed by atoms with Gasteiger partial charge in [0.25, 0.3) is 0 Å². The van der Waals surface area contributed by atoms with Gasteiger partial charge in [-0.2, -0.15) is 0 Å². The summed E-state index contributed by atoms with van der Waals surface area (Å²) in [6.07, 6.45) is -0.433. The summed E-state index contributed by atoms with van der Waals surface area (Å²) < 4.78 is 20.1. The molecule has 0 spiro atoms. The molecule has 0 unspecified atom stereocenters. The molecule has 0 aliphatic rings. The molecule has 0 heterocycles. The van der Waals surface area contributed by atoms with Gasteiger partial charge in [-0.3, -0.25) is 9.59 Å². The molecule has 0 saturated heterocycles. The molecule has 0 aliphatic carbocycles. The average molecular weight is 372 g/mol. The first-order chi connectivity index (χ1) is 13.0. The number of ether oxygens (including phenoxy) is 4. The van der Waals surface area contributed by atoms with Crippen LogP contribution >= 0.6 is 0 Å². The summed E-state index contributed by atoms with van der Waals surface area (Å²) in [5.41, 5.74) is 0.972. The molecule has 0 amide bonds. The number of rotatable bonds is 9. The molecule has 0 aliphatic heterocycles. The molecular formula is C20H20O7. The van der Waals surface area contributed by atoms with Crippen molar-refractivity contribution in [3.05, 3.63) is 59.7 Å². The summed E-state index contributed by atoms with van der Waals surface area (Å²) in [5.74, 6) is -1.06. The van der Waals surface area contributed by atoms with E-state index in [1.807, 2.05) is 12.1 Å². The Morgan fingerprint density at radius 3 is 2.44 bits per heavy atom. The fourth-order valence-corrected chi connectivity index (χ4v) is 2.25. The maximum atomic E-state index is 12.1. The van der Waals surface area contributed by atoms with Gasteiger partial charge in [-0.05, 0) is 29.8 Å². The third-order valence-corrected chi connectivity index (χ3v) is 3.57. The van der Waals surface area contributed by atoms with Crippen molar-refractivity contribution < 1.29 is 33.3 Å². The van der Waals surface area contributed by atoms with E-state index in [2.05, 4.69) is 4.74 Å². The second kappa shape index (κ2) is 10.1. The van der Waals surface area contributed by atoms with E-state index >= 15 is 0 Å². The lowest BCUT2D eigenvalue weighted by Crippen LogP contribution is -2.18. The van der Waals surface area contributed by atoms with E-state index in [1.165, 1.54) is 19.2 Å². The maximum Gasteiger partial charge on any atom is 0.337 e. The highest BCUT2D eigenvalue weighted by Gasteiger charge is 2.18. The molecule has 0 atom stereocenters. The molecule has 7 nitrogen and oxygen atoms in total. The first kappa shape index (κ1) is 20.1. The molecule has 0 aromatic heterocycles. The highest BCUT2D eigenvalue weighted by molar-refractivity contribution is 6.07. The van der Waals surface area contributed by atoms with E-state index in [9.17, 15) is 14.4 Å². The van der Waals surface area contributed by atoms with Crippen LogP contribution in [0.1, 0.15) is 22.3 Å². The first-order valence-corrected chi connectivity index (χ1v) is 8.14. The maximum absolute atomic E-state index is 12.1. The zero-order valence-electron chi connectivity index (χ0n) is 15.1. The van der Waals surface area contributed by atoms with Crippen molar-refractivity contribution in [3.63, 3.8) is 0 Å². The number of carbonyl (C=O) groups excluding carboxylic acids is 3. The lowest BCUT2D eigenvalue weighted by molar-refractivity contribution is -0.140. The summed E-state index contributed by atoms with van der Waals surface area (Å²) in [4.78, 5) is 35.4. The Hall–Kier alpha value is -3.19. The van der Waals surface area contributed by atoms with Crippen molar-refractivity contribution in [2.24, 2.45) is 0 Å². The molecule has 2 aromatic rings. The third-order valence-electron chi connectivity index (χ3n) is 3.57. The van der Waals surface area contributed by atoms with Gasteiger partial charge >= 0.3 is 11.9 Å². The second-order valence-electron chi connectivity index (χ2n) is 5.49. The number of para-hydroxylation sites is 1. The fourth-order valence-electron chi connectivity index (χ4n) is 2.25. The molecule has 0 radical (unpaired) electrons. The molecule has 2 rings (SSSR count). The summed E-state index contributed by atoms with van der Waals surface area (Å²) in [6.45, 7) is -0.0913. The van der Waals surface area contributed by atoms with Crippen LogP contribution in [0, 0.1) is 0 Å². The Labute approximate surface area is 156 Å². The monoisotopic (exact) mass is 372 g/mol. The van der Waals surface area contributed by atoms with Crippen molar-refractivity contribution in [2.45, 2.75) is 13.0 Å². The largest absolute Gasteiger partial charge is 0.497 e. The molecule has 142 valence electrons. The smallest absolute Gasteiger partial charge is 0.337 e. The average Bonchev–Trinajstić information content (AvgIpc) is 2.68. The number of ketones is 1. The van der Waals surface area contributed by atoms with E-state index < -0.39 is 24.1 Å². The number of hydrogen-bond donors (Lipinski definition) is 0. The van der Waals surface area contributed by atoms with Gasteiger partial charge in [0.2, 0.25) is 0 Å². The molecule has 7 heteroatoms. The zero-order chi connectivity index (χ0) is 19.6. The highest BCUT2D eigenvalue weighted by Crippen LogP contribution is 2.20. The zero-order valence-corrected chi connectivity index (χ0v) is 15.1. The number of Topliss-reactive ketones (excluding diaryl/α,β-unsaturated/α-hetero) is 1. The lowest BCUT2D eigenvalue weighted by atomic mass is 10.1. The number of methoxy groups -OCH3 is 2. The predicted molar refractivity (Wildman–Crippen MR) is 95.7 cm³/mol. The predicted octanol–water partition coefficient (Wildman–Crippen LogP) is 2.56. The minimum absolute atomic E-state index is 0.0707. The van der Waals surface area contributed by atoms with Crippen molar-refractivity contribution in [1.82, 2.24) is 0 Å². The van der Waals surface area contributed by atoms with Crippen LogP contribution in [-0.4, -0.2) is 38.5 Å². The summed E-state index contributed by atoms with van der Waals surface area (Å²) in [5, 5.41) is 0. The number of benzene rings is 2. The van der Waals surface area contributed by atoms with Gasteiger partial charge in [0.15, 0.2) is 5.78 Å². The van der Waals surface area contributed by atoms with Gasteiger partial charge in [0.1, 0.15) is 24.5 Å². The molecule has 2 aromatic carbocycles. The highest BCUT2D eigenvalue weighted by atomic mass is 16.6. The SMILES string of the molecule is COC(=O)CC(=O)c1ccccc1OC(=O)COCc1cccc(OC)c1. The lowest BCUT2D eigenvalue weighted by Gasteiger charge is -2.10. The van der Waals surface area contributed by atoms with Gasteiger partial charge in [-0.25, -0.2) is 4.79 Å². The number of esters is 2. The van der Waals surface area contributed by atoms with Gasteiger partial charge in [-0.15, -0.1) is 0 Å². The van der Waals surface area contributed by atoms with E-state index in [-0.39, 0.29) is 24.5 Å². The van der Waals surface area contributed by atoms with Crippen LogP contribution in [0.25, 0.3) is 0 Å². The normalized spacial score (nSPS) is 10.1. The molecule has 0 N–H and O–H groups in total. The quantitative estimate of drug-likeness (QED) is 0.289. The van der Waals surface area contributed by atoms with Gasteiger partial charge in [0.05, 0.1) is 26.4 Å². The van der Waals surface area contributed by atoms with Crippen molar-refractivity contribution >= 4 is 17.7 Å². The standard InChI is InChI=1S/C20H20O7/c1-24-15-7-5-6-14(10-15)12-26-13-20(23)27-18-9-4-3-8-16(18)17(21)11-19(22)25-2/h3-10H,11-13H2,1-2H3. The minimum atomic E-state index is -0.664. The summed E-state index contributed by atoms with van der Waals surface area (Å²) >= 11 is 0. The van der Waals surface area contributed by atoms with Gasteiger partial charge in [-0.1, -0.05) is 24.3 Å². The first-order valence-electron chi connectivity index (χ1n) is 8.14. The van der Waals surface area contributed by atoms with Gasteiger partial charge in [0, 0.05) is 0 Å². The second-order valence-corrected chi connectivity index (χ2v) is 5.49. The molecular weight excluding hydrogens is 352 g/mol. The summed E-state index contributed by atoms with van der Waals surface area (Å²) in [7, 11) is 2.76. The Morgan fingerprint density at radius 2 is 1.70 bits per heavy atom. The van der Waals surface area contributed by atoms with Crippen LogP contribution in [0.4, 0.5) is 0 Å². The van der Waals surface area contributed by atoms with E-state index in [4.69, 9.17) is 14.2 Å². The van der Waals surface area contributed by atoms with Crippen LogP contribution in [0.15, 0.2) is 48.5 Å². The van der Waals surface area contributed by atoms with Crippen LogP contribution in [-0.2, 0) is 25.7 Å². The Morgan fingerprint density at radius 1 is 0.926 bits per heavy atom. The third kappa shape index (κ3) is 6.23. The van der Waals surface area contributed by atoms with Crippen LogP contribution in [0.5, 0.6) is 11.5 Å². The van der Waals surface area contributed by atoms with Gasteiger partial charge < -0.3 is 18.9 Å². The van der Waals surface area contributed by atoms with E-state index in [1.54, 1.807) is 31.4 Å². The van der Waals surface area contributed by atoms with E-state index in [0.717, 1.165) is 5.56 Å². The minimum Gasteiger partial charge on any atom is -0.497 e. The molecule has 0 bridgehead atoms. The Kier molecular flexibility index (Phi) is 7.51. The van der Waals surface area contributed by atoms with Crippen LogP contribution in [0.2, 0.25) is 0 Å².